The Hall–Kier alpha value is -3.25. The number of thioether (sulfide) groups is 1. The van der Waals surface area contributed by atoms with E-state index in [9.17, 15) is 9.59 Å². The Morgan fingerprint density at radius 3 is 2.11 bits per heavy atom. The normalized spacial score (nSPS) is 12.0. The number of hydrogen-bond donors (Lipinski definition) is 1. The summed E-state index contributed by atoms with van der Waals surface area (Å²) in [6.07, 6.45) is 0.448. The molecule has 3 aromatic rings. The van der Waals surface area contributed by atoms with Crippen LogP contribution in [0.4, 0.5) is 0 Å². The lowest BCUT2D eigenvalue weighted by Gasteiger charge is -2.34. The van der Waals surface area contributed by atoms with Gasteiger partial charge in [-0.1, -0.05) is 72.3 Å². The Labute approximate surface area is 225 Å². The molecule has 2 amide bonds. The molecule has 0 bridgehead atoms. The summed E-state index contributed by atoms with van der Waals surface area (Å²) < 4.78 is 5.23. The Morgan fingerprint density at radius 2 is 1.51 bits per heavy atom. The van der Waals surface area contributed by atoms with Gasteiger partial charge in [0.1, 0.15) is 11.8 Å². The topological polar surface area (TPSA) is 58.6 Å². The van der Waals surface area contributed by atoms with Crippen LogP contribution in [-0.2, 0) is 28.3 Å². The fourth-order valence-corrected chi connectivity index (χ4v) is 4.83. The second kappa shape index (κ2) is 13.3. The molecular weight excluding hydrogens is 480 g/mol. The molecular formula is C31H38N2O3S. The van der Waals surface area contributed by atoms with Crippen molar-refractivity contribution in [3.63, 3.8) is 0 Å². The van der Waals surface area contributed by atoms with E-state index in [1.54, 1.807) is 23.8 Å². The number of nitrogens with one attached hydrogen (secondary N) is 1. The van der Waals surface area contributed by atoms with Crippen molar-refractivity contribution < 1.29 is 14.3 Å². The van der Waals surface area contributed by atoms with Crippen LogP contribution in [0.1, 0.15) is 43.0 Å². The standard InChI is InChI=1S/C31H38N2O3S/c1-23-11-13-25(14-12-23)20-33(29(34)22-37-21-26-15-17-27(36-5)18-16-26)28(30(35)32-31(2,3)4)19-24-9-7-6-8-10-24/h6-18,28H,19-22H2,1-5H3,(H,32,35). The zero-order valence-corrected chi connectivity index (χ0v) is 23.3. The van der Waals surface area contributed by atoms with Gasteiger partial charge in [-0.05, 0) is 56.5 Å². The molecule has 0 aliphatic rings. The zero-order chi connectivity index (χ0) is 26.8. The van der Waals surface area contributed by atoms with Crippen LogP contribution in [0, 0.1) is 6.92 Å². The minimum atomic E-state index is -0.628. The van der Waals surface area contributed by atoms with Crippen LogP contribution in [0.25, 0.3) is 0 Å². The van der Waals surface area contributed by atoms with Crippen LogP contribution in [0.2, 0.25) is 0 Å². The number of benzene rings is 3. The van der Waals surface area contributed by atoms with Crippen LogP contribution in [0.3, 0.4) is 0 Å². The molecule has 0 aromatic heterocycles. The van der Waals surface area contributed by atoms with Gasteiger partial charge in [-0.2, -0.15) is 0 Å². The maximum Gasteiger partial charge on any atom is 0.243 e. The number of ether oxygens (including phenoxy) is 1. The van der Waals surface area contributed by atoms with Crippen LogP contribution in [0.5, 0.6) is 5.75 Å². The molecule has 0 aliphatic heterocycles. The maximum atomic E-state index is 13.7. The monoisotopic (exact) mass is 518 g/mol. The molecule has 0 fully saturated rings. The van der Waals surface area contributed by atoms with Gasteiger partial charge in [0.25, 0.3) is 0 Å². The highest BCUT2D eigenvalue weighted by Gasteiger charge is 2.32. The van der Waals surface area contributed by atoms with Gasteiger partial charge in [0.05, 0.1) is 12.9 Å². The second-order valence-electron chi connectivity index (χ2n) is 10.3. The van der Waals surface area contributed by atoms with Gasteiger partial charge < -0.3 is 15.0 Å². The van der Waals surface area contributed by atoms with Crippen LogP contribution in [-0.4, -0.2) is 41.2 Å². The Kier molecular flexibility index (Phi) is 10.2. The molecule has 3 aromatic carbocycles. The van der Waals surface area contributed by atoms with E-state index in [1.807, 2.05) is 107 Å². The third kappa shape index (κ3) is 9.29. The Morgan fingerprint density at radius 1 is 0.892 bits per heavy atom. The summed E-state index contributed by atoms with van der Waals surface area (Å²) >= 11 is 1.55. The van der Waals surface area contributed by atoms with Crippen molar-refractivity contribution in [2.45, 2.75) is 58.0 Å². The van der Waals surface area contributed by atoms with Gasteiger partial charge in [0.2, 0.25) is 11.8 Å². The minimum Gasteiger partial charge on any atom is -0.497 e. The van der Waals surface area contributed by atoms with Crippen molar-refractivity contribution in [2.24, 2.45) is 0 Å². The molecule has 0 spiro atoms. The lowest BCUT2D eigenvalue weighted by molar-refractivity contribution is -0.140. The van der Waals surface area contributed by atoms with Crippen molar-refractivity contribution in [1.29, 1.82) is 0 Å². The maximum absolute atomic E-state index is 13.7. The van der Waals surface area contributed by atoms with Crippen molar-refractivity contribution in [2.75, 3.05) is 12.9 Å². The number of aryl methyl sites for hydroxylation is 1. The van der Waals surface area contributed by atoms with Gasteiger partial charge in [0, 0.05) is 24.3 Å². The third-order valence-corrected chi connectivity index (χ3v) is 6.88. The molecule has 0 saturated carbocycles. The highest BCUT2D eigenvalue weighted by Crippen LogP contribution is 2.20. The average molecular weight is 519 g/mol. The molecule has 3 rings (SSSR count). The number of hydrogen-bond acceptors (Lipinski definition) is 4. The Balaban J connectivity index is 1.84. The third-order valence-electron chi connectivity index (χ3n) is 5.90. The van der Waals surface area contributed by atoms with Crippen molar-refractivity contribution >= 4 is 23.6 Å². The van der Waals surface area contributed by atoms with Crippen molar-refractivity contribution in [1.82, 2.24) is 10.2 Å². The minimum absolute atomic E-state index is 0.0518. The smallest absolute Gasteiger partial charge is 0.243 e. The first kappa shape index (κ1) is 28.3. The van der Waals surface area contributed by atoms with E-state index in [4.69, 9.17) is 4.74 Å². The molecule has 6 heteroatoms. The SMILES string of the molecule is COc1ccc(CSCC(=O)N(Cc2ccc(C)cc2)C(Cc2ccccc2)C(=O)NC(C)(C)C)cc1. The molecule has 196 valence electrons. The fraction of sp³-hybridized carbons (Fsp3) is 0.355. The molecule has 1 N–H and O–H groups in total. The highest BCUT2D eigenvalue weighted by molar-refractivity contribution is 7.99. The molecule has 5 nitrogen and oxygen atoms in total. The summed E-state index contributed by atoms with van der Waals surface area (Å²) in [6, 6.07) is 25.3. The van der Waals surface area contributed by atoms with Gasteiger partial charge in [-0.25, -0.2) is 0 Å². The summed E-state index contributed by atoms with van der Waals surface area (Å²) in [7, 11) is 1.65. The molecule has 37 heavy (non-hydrogen) atoms. The van der Waals surface area contributed by atoms with E-state index >= 15 is 0 Å². The molecule has 0 radical (unpaired) electrons. The second-order valence-corrected chi connectivity index (χ2v) is 11.3. The van der Waals surface area contributed by atoms with E-state index in [0.29, 0.717) is 18.7 Å². The van der Waals surface area contributed by atoms with Crippen LogP contribution < -0.4 is 10.1 Å². The van der Waals surface area contributed by atoms with E-state index < -0.39 is 11.6 Å². The number of rotatable bonds is 11. The highest BCUT2D eigenvalue weighted by atomic mass is 32.2. The fourth-order valence-electron chi connectivity index (χ4n) is 3.96. The molecule has 0 heterocycles. The number of carbonyl (C=O) groups is 2. The van der Waals surface area contributed by atoms with E-state index in [1.165, 1.54) is 0 Å². The summed E-state index contributed by atoms with van der Waals surface area (Å²) in [5, 5.41) is 3.11. The van der Waals surface area contributed by atoms with E-state index in [-0.39, 0.29) is 17.6 Å². The van der Waals surface area contributed by atoms with Gasteiger partial charge >= 0.3 is 0 Å². The van der Waals surface area contributed by atoms with Crippen molar-refractivity contribution in [3.05, 3.63) is 101 Å². The molecule has 1 atom stereocenters. The summed E-state index contributed by atoms with van der Waals surface area (Å²) in [4.78, 5) is 29.0. The number of methoxy groups -OCH3 is 1. The van der Waals surface area contributed by atoms with E-state index in [2.05, 4.69) is 5.32 Å². The number of amides is 2. The van der Waals surface area contributed by atoms with Gasteiger partial charge in [-0.15, -0.1) is 11.8 Å². The van der Waals surface area contributed by atoms with Gasteiger partial charge in [0.15, 0.2) is 0 Å². The van der Waals surface area contributed by atoms with Crippen molar-refractivity contribution in [3.8, 4) is 5.75 Å². The first-order chi connectivity index (χ1) is 17.6. The lowest BCUT2D eigenvalue weighted by atomic mass is 10.0. The Bertz CT molecular complexity index is 1140. The summed E-state index contributed by atoms with van der Waals surface area (Å²) in [5.74, 6) is 1.60. The molecule has 0 saturated heterocycles. The predicted octanol–water partition coefficient (Wildman–Crippen LogP) is 5.79. The number of carbonyl (C=O) groups excluding carboxylic acids is 2. The predicted molar refractivity (Wildman–Crippen MR) is 153 cm³/mol. The first-order valence-electron chi connectivity index (χ1n) is 12.6. The molecule has 0 aliphatic carbocycles. The van der Waals surface area contributed by atoms with Crippen LogP contribution in [0.15, 0.2) is 78.9 Å². The number of nitrogens with zero attached hydrogens (tertiary/aromatic N) is 1. The average Bonchev–Trinajstić information content (AvgIpc) is 2.87. The summed E-state index contributed by atoms with van der Waals surface area (Å²) in [6.45, 7) is 8.29. The van der Waals surface area contributed by atoms with Gasteiger partial charge in [-0.3, -0.25) is 9.59 Å². The quantitative estimate of drug-likeness (QED) is 0.349. The summed E-state index contributed by atoms with van der Waals surface area (Å²) in [5.41, 5.74) is 3.89. The zero-order valence-electron chi connectivity index (χ0n) is 22.5. The molecule has 1 unspecified atom stereocenters. The van der Waals surface area contributed by atoms with E-state index in [0.717, 1.165) is 28.0 Å². The largest absolute Gasteiger partial charge is 0.497 e. The first-order valence-corrected chi connectivity index (χ1v) is 13.7. The lowest BCUT2D eigenvalue weighted by Crippen LogP contribution is -2.54. The van der Waals surface area contributed by atoms with Crippen LogP contribution >= 0.6 is 11.8 Å².